The van der Waals surface area contributed by atoms with Crippen LogP contribution in [0.4, 0.5) is 10.1 Å². The van der Waals surface area contributed by atoms with Gasteiger partial charge in [0, 0.05) is 11.3 Å². The summed E-state index contributed by atoms with van der Waals surface area (Å²) in [5, 5.41) is 3.29. The first kappa shape index (κ1) is 20.6. The first-order valence-electron chi connectivity index (χ1n) is 9.43. The van der Waals surface area contributed by atoms with Crippen molar-refractivity contribution in [3.8, 4) is 17.1 Å². The Balaban J connectivity index is 1.71. The van der Waals surface area contributed by atoms with Crippen molar-refractivity contribution in [2.45, 2.75) is 6.92 Å². The summed E-state index contributed by atoms with van der Waals surface area (Å²) in [5.74, 6) is -0.898. The number of carbonyl (C=O) groups excluding carboxylic acids is 1. The molecule has 0 aliphatic carbocycles. The van der Waals surface area contributed by atoms with Crippen molar-refractivity contribution in [1.82, 2.24) is 0 Å². The lowest BCUT2D eigenvalue weighted by molar-refractivity contribution is -0.118. The van der Waals surface area contributed by atoms with Crippen LogP contribution in [0, 0.1) is 12.7 Å². The highest BCUT2D eigenvalue weighted by Crippen LogP contribution is 2.35. The minimum atomic E-state index is -0.514. The number of halogens is 2. The van der Waals surface area contributed by atoms with Crippen LogP contribution in [0.3, 0.4) is 0 Å². The molecule has 0 aliphatic rings. The zero-order valence-corrected chi connectivity index (χ0v) is 17.2. The molecule has 5 nitrogen and oxygen atoms in total. The van der Waals surface area contributed by atoms with Gasteiger partial charge in [-0.3, -0.25) is 9.59 Å². The highest BCUT2D eigenvalue weighted by atomic mass is 35.5. The Bertz CT molecular complexity index is 1330. The minimum absolute atomic E-state index is 0.112. The molecule has 7 heteroatoms. The number of aryl methyl sites for hydroxylation is 1. The number of benzene rings is 3. The minimum Gasteiger partial charge on any atom is -0.476 e. The normalized spacial score (nSPS) is 10.8. The maximum atomic E-state index is 13.2. The zero-order chi connectivity index (χ0) is 22.0. The molecule has 0 spiro atoms. The highest BCUT2D eigenvalue weighted by molar-refractivity contribution is 6.33. The molecule has 0 unspecified atom stereocenters. The van der Waals surface area contributed by atoms with Crippen LogP contribution in [0.5, 0.6) is 5.75 Å². The van der Waals surface area contributed by atoms with Gasteiger partial charge in [-0.1, -0.05) is 29.8 Å². The van der Waals surface area contributed by atoms with Crippen LogP contribution >= 0.6 is 11.6 Å². The van der Waals surface area contributed by atoms with Crippen LogP contribution in [0.1, 0.15) is 5.56 Å². The summed E-state index contributed by atoms with van der Waals surface area (Å²) in [7, 11) is 0. The first-order valence-corrected chi connectivity index (χ1v) is 9.81. The Morgan fingerprint density at radius 1 is 1.10 bits per heavy atom. The maximum absolute atomic E-state index is 13.2. The van der Waals surface area contributed by atoms with E-state index in [-0.39, 0.29) is 11.5 Å². The van der Waals surface area contributed by atoms with E-state index in [1.54, 1.807) is 42.5 Å². The van der Waals surface area contributed by atoms with Crippen LogP contribution in [-0.4, -0.2) is 12.5 Å². The number of fused-ring (bicyclic) bond motifs is 1. The van der Waals surface area contributed by atoms with E-state index in [0.29, 0.717) is 27.2 Å². The number of hydrogen-bond acceptors (Lipinski definition) is 4. The van der Waals surface area contributed by atoms with E-state index in [1.165, 1.54) is 24.3 Å². The Hall–Kier alpha value is -3.64. The summed E-state index contributed by atoms with van der Waals surface area (Å²) in [4.78, 5) is 25.5. The summed E-state index contributed by atoms with van der Waals surface area (Å²) in [5.41, 5.74) is 1.78. The molecule has 3 aromatic carbocycles. The Morgan fingerprint density at radius 2 is 1.84 bits per heavy atom. The number of amides is 1. The molecule has 156 valence electrons. The molecule has 0 saturated carbocycles. The molecule has 0 atom stereocenters. The number of nitrogens with one attached hydrogen (secondary N) is 1. The molecule has 31 heavy (non-hydrogen) atoms. The van der Waals surface area contributed by atoms with E-state index in [2.05, 4.69) is 5.32 Å². The fourth-order valence-electron chi connectivity index (χ4n) is 3.11. The number of rotatable bonds is 5. The van der Waals surface area contributed by atoms with Gasteiger partial charge in [-0.25, -0.2) is 4.39 Å². The summed E-state index contributed by atoms with van der Waals surface area (Å²) in [6.45, 7) is 1.44. The Labute approximate surface area is 182 Å². The van der Waals surface area contributed by atoms with E-state index < -0.39 is 23.8 Å². The van der Waals surface area contributed by atoms with Gasteiger partial charge in [0.25, 0.3) is 5.91 Å². The topological polar surface area (TPSA) is 68.5 Å². The number of carbonyl (C=O) groups is 1. The summed E-state index contributed by atoms with van der Waals surface area (Å²) >= 11 is 6.32. The fraction of sp³-hybridized carbons (Fsp3) is 0.0833. The third-order valence-corrected chi connectivity index (χ3v) is 4.93. The molecule has 1 N–H and O–H groups in total. The van der Waals surface area contributed by atoms with Crippen molar-refractivity contribution >= 4 is 34.2 Å². The molecule has 0 bridgehead atoms. The zero-order valence-electron chi connectivity index (χ0n) is 16.4. The van der Waals surface area contributed by atoms with Crippen molar-refractivity contribution in [3.05, 3.63) is 93.4 Å². The van der Waals surface area contributed by atoms with Crippen molar-refractivity contribution < 1.29 is 18.3 Å². The quantitative estimate of drug-likeness (QED) is 0.442. The van der Waals surface area contributed by atoms with E-state index in [9.17, 15) is 14.0 Å². The van der Waals surface area contributed by atoms with Gasteiger partial charge in [0.2, 0.25) is 11.2 Å². The molecule has 0 aliphatic heterocycles. The van der Waals surface area contributed by atoms with Crippen molar-refractivity contribution in [2.24, 2.45) is 0 Å². The molecule has 0 radical (unpaired) electrons. The Kier molecular flexibility index (Phi) is 5.73. The summed E-state index contributed by atoms with van der Waals surface area (Å²) < 4.78 is 24.7. The Morgan fingerprint density at radius 3 is 2.58 bits per heavy atom. The van der Waals surface area contributed by atoms with E-state index in [1.807, 2.05) is 6.92 Å². The van der Waals surface area contributed by atoms with Gasteiger partial charge in [0.05, 0.1) is 10.4 Å². The average molecular weight is 438 g/mol. The third kappa shape index (κ3) is 4.44. The van der Waals surface area contributed by atoms with E-state index in [4.69, 9.17) is 20.8 Å². The maximum Gasteiger partial charge on any atom is 0.262 e. The van der Waals surface area contributed by atoms with Crippen LogP contribution in [-0.2, 0) is 4.79 Å². The smallest absolute Gasteiger partial charge is 0.262 e. The molecule has 1 amide bonds. The number of hydrogen-bond donors (Lipinski definition) is 1. The molecule has 1 aromatic heterocycles. The van der Waals surface area contributed by atoms with Gasteiger partial charge in [-0.15, -0.1) is 0 Å². The van der Waals surface area contributed by atoms with E-state index in [0.717, 1.165) is 5.56 Å². The molecular weight excluding hydrogens is 421 g/mol. The lowest BCUT2D eigenvalue weighted by atomic mass is 10.1. The predicted octanol–water partition coefficient (Wildman–Crippen LogP) is 5.58. The van der Waals surface area contributed by atoms with Gasteiger partial charge in [0.1, 0.15) is 11.4 Å². The molecule has 1 heterocycles. The third-order valence-electron chi connectivity index (χ3n) is 4.60. The highest BCUT2D eigenvalue weighted by Gasteiger charge is 2.20. The number of anilines is 1. The summed E-state index contributed by atoms with van der Waals surface area (Å²) in [6.07, 6.45) is 0. The first-order chi connectivity index (χ1) is 14.9. The lowest BCUT2D eigenvalue weighted by Gasteiger charge is -2.13. The second kappa shape index (κ2) is 8.62. The molecule has 4 rings (SSSR count). The molecular formula is C24H17ClFNO4. The van der Waals surface area contributed by atoms with Crippen molar-refractivity contribution in [2.75, 3.05) is 11.9 Å². The lowest BCUT2D eigenvalue weighted by Crippen LogP contribution is -2.22. The fourth-order valence-corrected chi connectivity index (χ4v) is 3.33. The standard InChI is InChI=1S/C24H17ClFNO4/c1-14-6-11-18-20(12-14)31-23(17-4-2-3-5-19(17)25)24(22(18)29)30-13-21(28)27-16-9-7-15(26)8-10-16/h2-12H,13H2,1H3,(H,27,28). The van der Waals surface area contributed by atoms with Crippen LogP contribution in [0.25, 0.3) is 22.3 Å². The average Bonchev–Trinajstić information content (AvgIpc) is 2.75. The van der Waals surface area contributed by atoms with Gasteiger partial charge < -0.3 is 14.5 Å². The largest absolute Gasteiger partial charge is 0.476 e. The molecule has 0 saturated heterocycles. The molecule has 0 fully saturated rings. The SMILES string of the molecule is Cc1ccc2c(=O)c(OCC(=O)Nc3ccc(F)cc3)c(-c3ccccc3Cl)oc2c1. The van der Waals surface area contributed by atoms with Gasteiger partial charge >= 0.3 is 0 Å². The van der Waals surface area contributed by atoms with E-state index >= 15 is 0 Å². The second-order valence-electron chi connectivity index (χ2n) is 6.91. The van der Waals surface area contributed by atoms with Crippen molar-refractivity contribution in [3.63, 3.8) is 0 Å². The predicted molar refractivity (Wildman–Crippen MR) is 118 cm³/mol. The monoisotopic (exact) mass is 437 g/mol. The van der Waals surface area contributed by atoms with Gasteiger partial charge in [-0.2, -0.15) is 0 Å². The van der Waals surface area contributed by atoms with Crippen LogP contribution in [0.2, 0.25) is 5.02 Å². The van der Waals surface area contributed by atoms with Crippen molar-refractivity contribution in [1.29, 1.82) is 0 Å². The molecule has 4 aromatic rings. The van der Waals surface area contributed by atoms with Crippen LogP contribution < -0.4 is 15.5 Å². The van der Waals surface area contributed by atoms with Gasteiger partial charge in [0.15, 0.2) is 12.4 Å². The van der Waals surface area contributed by atoms with Crippen LogP contribution in [0.15, 0.2) is 75.9 Å². The van der Waals surface area contributed by atoms with Gasteiger partial charge in [-0.05, 0) is 61.0 Å². The second-order valence-corrected chi connectivity index (χ2v) is 7.32. The summed E-state index contributed by atoms with van der Waals surface area (Å²) in [6, 6.07) is 17.4. The number of ether oxygens (including phenoxy) is 1.